The number of anilines is 1. The molecule has 30 heavy (non-hydrogen) atoms. The maximum Gasteiger partial charge on any atom is 0.200 e. The molecule has 2 aliphatic heterocycles. The first-order valence-corrected chi connectivity index (χ1v) is 10.3. The number of nitrogens with zero attached hydrogens (tertiary/aromatic N) is 1. The van der Waals surface area contributed by atoms with Crippen LogP contribution in [0.1, 0.15) is 11.5 Å². The molecule has 1 aliphatic carbocycles. The van der Waals surface area contributed by atoms with E-state index in [-0.39, 0.29) is 17.5 Å². The first-order valence-electron chi connectivity index (χ1n) is 10.3. The number of allylic oxidation sites excluding steroid dienone is 2. The normalized spacial score (nSPS) is 22.1. The Morgan fingerprint density at radius 1 is 0.933 bits per heavy atom. The van der Waals surface area contributed by atoms with Crippen molar-refractivity contribution in [3.63, 3.8) is 0 Å². The number of morpholine rings is 1. The Hall–Kier alpha value is -3.31. The molecule has 5 heteroatoms. The number of hydrogen-bond donors (Lipinski definition) is 0. The number of fused-ring (bicyclic) bond motifs is 4. The SMILES string of the molecule is O=c1cc(N2CCOCC2)oc2c(-c3cccc4c3OC3C=CC=CC43)cccc12. The van der Waals surface area contributed by atoms with Crippen molar-refractivity contribution in [2.24, 2.45) is 0 Å². The van der Waals surface area contributed by atoms with E-state index in [1.807, 2.05) is 30.3 Å². The van der Waals surface area contributed by atoms with Gasteiger partial charge in [0, 0.05) is 41.8 Å². The Kier molecular flexibility index (Phi) is 4.03. The van der Waals surface area contributed by atoms with Gasteiger partial charge in [-0.2, -0.15) is 0 Å². The van der Waals surface area contributed by atoms with Crippen LogP contribution in [-0.2, 0) is 4.74 Å². The molecule has 2 unspecified atom stereocenters. The van der Waals surface area contributed by atoms with Gasteiger partial charge in [0.1, 0.15) is 17.4 Å². The Morgan fingerprint density at radius 2 is 1.73 bits per heavy atom. The van der Waals surface area contributed by atoms with Crippen LogP contribution < -0.4 is 15.1 Å². The van der Waals surface area contributed by atoms with Crippen molar-refractivity contribution < 1.29 is 13.9 Å². The Labute approximate surface area is 173 Å². The molecule has 1 fully saturated rings. The van der Waals surface area contributed by atoms with Gasteiger partial charge >= 0.3 is 0 Å². The van der Waals surface area contributed by atoms with E-state index < -0.39 is 0 Å². The zero-order chi connectivity index (χ0) is 20.1. The van der Waals surface area contributed by atoms with E-state index in [0.29, 0.717) is 43.2 Å². The lowest BCUT2D eigenvalue weighted by Gasteiger charge is -2.27. The highest BCUT2D eigenvalue weighted by Gasteiger charge is 2.34. The quantitative estimate of drug-likeness (QED) is 0.644. The highest BCUT2D eigenvalue weighted by Crippen LogP contribution is 2.47. The number of para-hydroxylation sites is 2. The second-order valence-electron chi connectivity index (χ2n) is 7.83. The first-order chi connectivity index (χ1) is 14.8. The van der Waals surface area contributed by atoms with Crippen molar-refractivity contribution >= 4 is 16.9 Å². The molecule has 0 amide bonds. The average molecular weight is 399 g/mol. The Balaban J connectivity index is 1.54. The molecule has 3 aromatic rings. The highest BCUT2D eigenvalue weighted by molar-refractivity contribution is 5.94. The monoisotopic (exact) mass is 399 g/mol. The lowest BCUT2D eigenvalue weighted by atomic mass is 9.90. The van der Waals surface area contributed by atoms with Gasteiger partial charge in [-0.1, -0.05) is 48.6 Å². The van der Waals surface area contributed by atoms with Crippen LogP contribution in [0.15, 0.2) is 76.0 Å². The fourth-order valence-corrected chi connectivity index (χ4v) is 4.59. The summed E-state index contributed by atoms with van der Waals surface area (Å²) in [5.41, 5.74) is 3.57. The third kappa shape index (κ3) is 2.70. The maximum absolute atomic E-state index is 12.9. The summed E-state index contributed by atoms with van der Waals surface area (Å²) in [6.07, 6.45) is 8.38. The van der Waals surface area contributed by atoms with Gasteiger partial charge in [0.25, 0.3) is 0 Å². The summed E-state index contributed by atoms with van der Waals surface area (Å²) in [5, 5.41) is 0.581. The molecule has 1 saturated heterocycles. The summed E-state index contributed by atoms with van der Waals surface area (Å²) in [7, 11) is 0. The van der Waals surface area contributed by atoms with E-state index in [2.05, 4.69) is 35.3 Å². The molecular weight excluding hydrogens is 378 g/mol. The summed E-state index contributed by atoms with van der Waals surface area (Å²) in [5.74, 6) is 1.68. The summed E-state index contributed by atoms with van der Waals surface area (Å²) < 4.78 is 18.1. The van der Waals surface area contributed by atoms with Crippen molar-refractivity contribution in [1.29, 1.82) is 0 Å². The van der Waals surface area contributed by atoms with Crippen LogP contribution in [0.3, 0.4) is 0 Å². The average Bonchev–Trinajstić information content (AvgIpc) is 3.18. The van der Waals surface area contributed by atoms with Crippen LogP contribution in [0, 0.1) is 0 Å². The molecule has 2 aromatic carbocycles. The van der Waals surface area contributed by atoms with Crippen LogP contribution in [0.25, 0.3) is 22.1 Å². The second kappa shape index (κ2) is 6.89. The first kappa shape index (κ1) is 17.5. The van der Waals surface area contributed by atoms with E-state index in [1.54, 1.807) is 6.07 Å². The van der Waals surface area contributed by atoms with Gasteiger partial charge in [-0.15, -0.1) is 0 Å². The lowest BCUT2D eigenvalue weighted by Crippen LogP contribution is -2.36. The molecule has 0 saturated carbocycles. The number of ether oxygens (including phenoxy) is 2. The van der Waals surface area contributed by atoms with E-state index in [9.17, 15) is 4.79 Å². The van der Waals surface area contributed by atoms with Gasteiger partial charge in [-0.25, -0.2) is 0 Å². The summed E-state index contributed by atoms with van der Waals surface area (Å²) >= 11 is 0. The largest absolute Gasteiger partial charge is 0.484 e. The van der Waals surface area contributed by atoms with E-state index >= 15 is 0 Å². The molecule has 0 N–H and O–H groups in total. The van der Waals surface area contributed by atoms with Crippen LogP contribution in [0.2, 0.25) is 0 Å². The zero-order valence-corrected chi connectivity index (χ0v) is 16.4. The van der Waals surface area contributed by atoms with Crippen molar-refractivity contribution in [3.05, 3.63) is 82.6 Å². The molecule has 5 nitrogen and oxygen atoms in total. The molecule has 0 bridgehead atoms. The Bertz CT molecular complexity index is 1250. The topological polar surface area (TPSA) is 51.9 Å². The molecule has 2 atom stereocenters. The molecule has 0 spiro atoms. The molecule has 1 aromatic heterocycles. The number of benzene rings is 2. The summed E-state index contributed by atoms with van der Waals surface area (Å²) in [6, 6.07) is 13.5. The van der Waals surface area contributed by atoms with E-state index in [1.165, 1.54) is 5.56 Å². The van der Waals surface area contributed by atoms with Crippen molar-refractivity contribution in [1.82, 2.24) is 0 Å². The minimum Gasteiger partial charge on any atom is -0.484 e. The zero-order valence-electron chi connectivity index (χ0n) is 16.4. The van der Waals surface area contributed by atoms with Crippen molar-refractivity contribution in [2.45, 2.75) is 12.0 Å². The third-order valence-corrected chi connectivity index (χ3v) is 6.10. The Morgan fingerprint density at radius 3 is 2.63 bits per heavy atom. The lowest BCUT2D eigenvalue weighted by molar-refractivity contribution is 0.121. The fraction of sp³-hybridized carbons (Fsp3) is 0.240. The van der Waals surface area contributed by atoms with Crippen LogP contribution >= 0.6 is 0 Å². The van der Waals surface area contributed by atoms with Gasteiger partial charge in [0.2, 0.25) is 0 Å². The fourth-order valence-electron chi connectivity index (χ4n) is 4.59. The highest BCUT2D eigenvalue weighted by atomic mass is 16.5. The van der Waals surface area contributed by atoms with E-state index in [0.717, 1.165) is 16.9 Å². The standard InChI is InChI=1S/C25H21NO4/c27-21-15-23(26-11-13-28-14-12-26)30-25-19(8-4-9-20(21)25)18-7-3-6-17-16-5-1-2-10-22(16)29-24(17)18/h1-10,15-16,22H,11-14H2. The molecule has 6 rings (SSSR count). The molecule has 3 heterocycles. The summed E-state index contributed by atoms with van der Waals surface area (Å²) in [6.45, 7) is 2.69. The van der Waals surface area contributed by atoms with Crippen LogP contribution in [0.5, 0.6) is 5.75 Å². The molecule has 3 aliphatic rings. The third-order valence-electron chi connectivity index (χ3n) is 6.10. The predicted molar refractivity (Wildman–Crippen MR) is 116 cm³/mol. The van der Waals surface area contributed by atoms with Crippen LogP contribution in [0.4, 0.5) is 5.88 Å². The second-order valence-corrected chi connectivity index (χ2v) is 7.83. The number of rotatable bonds is 2. The van der Waals surface area contributed by atoms with Crippen molar-refractivity contribution in [3.8, 4) is 16.9 Å². The maximum atomic E-state index is 12.9. The van der Waals surface area contributed by atoms with Gasteiger partial charge in [-0.3, -0.25) is 4.79 Å². The van der Waals surface area contributed by atoms with Crippen molar-refractivity contribution in [2.75, 3.05) is 31.2 Å². The molecule has 150 valence electrons. The van der Waals surface area contributed by atoms with Gasteiger partial charge in [-0.05, 0) is 12.1 Å². The van der Waals surface area contributed by atoms with Gasteiger partial charge < -0.3 is 18.8 Å². The molecule has 0 radical (unpaired) electrons. The van der Waals surface area contributed by atoms with Gasteiger partial charge in [0.15, 0.2) is 11.3 Å². The summed E-state index contributed by atoms with van der Waals surface area (Å²) in [4.78, 5) is 15.0. The van der Waals surface area contributed by atoms with Gasteiger partial charge in [0.05, 0.1) is 18.6 Å². The minimum absolute atomic E-state index is 0.0112. The van der Waals surface area contributed by atoms with Crippen LogP contribution in [-0.4, -0.2) is 32.4 Å². The number of hydrogen-bond acceptors (Lipinski definition) is 5. The van der Waals surface area contributed by atoms with E-state index in [4.69, 9.17) is 13.9 Å². The minimum atomic E-state index is -0.0346. The predicted octanol–water partition coefficient (Wildman–Crippen LogP) is 4.27. The smallest absolute Gasteiger partial charge is 0.200 e. The molecular formula is C25H21NO4.